The molecule has 2 aromatic carbocycles. The molecule has 0 aliphatic rings. The maximum absolute atomic E-state index is 13.0. The van der Waals surface area contributed by atoms with E-state index in [4.69, 9.17) is 15.2 Å². The molecule has 4 atom stereocenters. The minimum atomic E-state index is -1.54. The number of esters is 1. The first-order valence-electron chi connectivity index (χ1n) is 11.7. The molecule has 2 aromatic rings. The smallest absolute Gasteiger partial charge is 0.408 e. The Labute approximate surface area is 218 Å². The topological polar surface area (TPSA) is 200 Å². The lowest BCUT2D eigenvalue weighted by Gasteiger charge is -2.28. The predicted molar refractivity (Wildman–Crippen MR) is 133 cm³/mol. The number of hydrogen-bond acceptors (Lipinski definition) is 9. The number of carbonyl (C=O) groups excluding carboxylic acids is 4. The van der Waals surface area contributed by atoms with E-state index in [1.807, 2.05) is 0 Å². The average molecular weight is 531 g/mol. The van der Waals surface area contributed by atoms with Crippen LogP contribution in [0.3, 0.4) is 0 Å². The minimum absolute atomic E-state index is 0.0541. The number of nitrogens with two attached hydrogens (primary N) is 1. The number of carbonyl (C=O) groups is 4. The summed E-state index contributed by atoms with van der Waals surface area (Å²) in [6, 6.07) is 10.7. The molecule has 38 heavy (non-hydrogen) atoms. The van der Waals surface area contributed by atoms with E-state index < -0.39 is 59.3 Å². The van der Waals surface area contributed by atoms with Gasteiger partial charge in [-0.15, -0.1) is 0 Å². The van der Waals surface area contributed by atoms with Crippen LogP contribution in [0, 0.1) is 10.1 Å². The zero-order valence-electron chi connectivity index (χ0n) is 20.9. The monoisotopic (exact) mass is 530 g/mol. The van der Waals surface area contributed by atoms with E-state index in [0.717, 1.165) is 0 Å². The van der Waals surface area contributed by atoms with Crippen LogP contribution >= 0.6 is 0 Å². The summed E-state index contributed by atoms with van der Waals surface area (Å²) < 4.78 is 10.1. The number of ether oxygens (including phenoxy) is 2. The van der Waals surface area contributed by atoms with Crippen LogP contribution in [-0.2, 0) is 30.5 Å². The Kier molecular flexibility index (Phi) is 11.2. The van der Waals surface area contributed by atoms with Crippen LogP contribution in [0.5, 0.6) is 0 Å². The Morgan fingerprint density at radius 1 is 1.00 bits per heavy atom. The number of nitrogens with zero attached hydrogens (tertiary/aromatic N) is 1. The summed E-state index contributed by atoms with van der Waals surface area (Å²) in [4.78, 5) is 60.4. The highest BCUT2D eigenvalue weighted by Crippen LogP contribution is 2.27. The van der Waals surface area contributed by atoms with Gasteiger partial charge in [0.2, 0.25) is 11.8 Å². The molecule has 3 amide bonds. The molecule has 0 fully saturated rings. The number of nitro benzene ring substituents is 1. The van der Waals surface area contributed by atoms with Crippen molar-refractivity contribution < 1.29 is 38.7 Å². The van der Waals surface area contributed by atoms with Crippen molar-refractivity contribution in [1.29, 1.82) is 0 Å². The lowest BCUT2D eigenvalue weighted by Crippen LogP contribution is -2.58. The van der Waals surface area contributed by atoms with Crippen LogP contribution in [0.25, 0.3) is 0 Å². The highest BCUT2D eigenvalue weighted by atomic mass is 16.6. The fourth-order valence-electron chi connectivity index (χ4n) is 3.58. The lowest BCUT2D eigenvalue weighted by molar-refractivity contribution is -0.384. The number of aliphatic hydroxyl groups excluding tert-OH is 1. The van der Waals surface area contributed by atoms with Gasteiger partial charge in [0.1, 0.15) is 18.7 Å². The van der Waals surface area contributed by atoms with Gasteiger partial charge in [0.05, 0.1) is 24.1 Å². The van der Waals surface area contributed by atoms with Crippen LogP contribution in [0.2, 0.25) is 0 Å². The molecule has 0 aromatic heterocycles. The van der Waals surface area contributed by atoms with Gasteiger partial charge in [-0.2, -0.15) is 0 Å². The van der Waals surface area contributed by atoms with Gasteiger partial charge < -0.3 is 30.9 Å². The molecule has 0 saturated carbocycles. The first kappa shape index (κ1) is 29.7. The Bertz CT molecular complexity index is 1120. The highest BCUT2D eigenvalue weighted by molar-refractivity contribution is 5.92. The molecular weight excluding hydrogens is 500 g/mol. The van der Waals surface area contributed by atoms with Crippen molar-refractivity contribution in [3.05, 3.63) is 75.8 Å². The van der Waals surface area contributed by atoms with Gasteiger partial charge in [-0.3, -0.25) is 24.5 Å². The largest absolute Gasteiger partial charge is 0.466 e. The maximum atomic E-state index is 13.0. The average Bonchev–Trinajstić information content (AvgIpc) is 2.88. The van der Waals surface area contributed by atoms with Gasteiger partial charge in [0.15, 0.2) is 0 Å². The molecule has 0 saturated heterocycles. The second kappa shape index (κ2) is 14.3. The molecule has 204 valence electrons. The Hall–Kier alpha value is -4.52. The first-order chi connectivity index (χ1) is 18.0. The summed E-state index contributed by atoms with van der Waals surface area (Å²) in [5.41, 5.74) is 6.31. The second-order valence-corrected chi connectivity index (χ2v) is 8.28. The van der Waals surface area contributed by atoms with E-state index in [1.54, 1.807) is 37.3 Å². The molecule has 5 N–H and O–H groups in total. The predicted octanol–water partition coefficient (Wildman–Crippen LogP) is 1.28. The third-order valence-corrected chi connectivity index (χ3v) is 5.48. The number of alkyl carbamates (subject to hydrolysis) is 1. The normalized spacial score (nSPS) is 13.8. The molecule has 13 nitrogen and oxygen atoms in total. The summed E-state index contributed by atoms with van der Waals surface area (Å²) in [5, 5.41) is 25.8. The third kappa shape index (κ3) is 8.85. The van der Waals surface area contributed by atoms with Gasteiger partial charge in [-0.25, -0.2) is 4.79 Å². The van der Waals surface area contributed by atoms with Crippen molar-refractivity contribution in [2.75, 3.05) is 6.61 Å². The van der Waals surface area contributed by atoms with Crippen molar-refractivity contribution in [3.63, 3.8) is 0 Å². The van der Waals surface area contributed by atoms with Gasteiger partial charge in [0.25, 0.3) is 5.69 Å². The summed E-state index contributed by atoms with van der Waals surface area (Å²) >= 11 is 0. The van der Waals surface area contributed by atoms with Crippen molar-refractivity contribution in [2.24, 2.45) is 5.73 Å². The van der Waals surface area contributed by atoms with Gasteiger partial charge in [-0.1, -0.05) is 42.5 Å². The van der Waals surface area contributed by atoms with E-state index in [0.29, 0.717) is 5.56 Å². The van der Waals surface area contributed by atoms with E-state index in [2.05, 4.69) is 10.6 Å². The number of amides is 3. The van der Waals surface area contributed by atoms with Gasteiger partial charge in [0, 0.05) is 18.1 Å². The molecular formula is C25H30N4O9. The SMILES string of the molecule is CCOC(=O)C[C@H](c1ccc([N+](=O)[O-])cc1)[C@H](NC(=O)[C@@H](NC(=O)OCc1ccccc1)[C@@H](C)O)C(N)=O. The second-order valence-electron chi connectivity index (χ2n) is 8.28. The Morgan fingerprint density at radius 2 is 1.63 bits per heavy atom. The number of rotatable bonds is 13. The fraction of sp³-hybridized carbons (Fsp3) is 0.360. The number of nitro groups is 1. The van der Waals surface area contributed by atoms with Crippen LogP contribution in [-0.4, -0.2) is 58.7 Å². The highest BCUT2D eigenvalue weighted by Gasteiger charge is 2.35. The third-order valence-electron chi connectivity index (χ3n) is 5.48. The van der Waals surface area contributed by atoms with Gasteiger partial charge in [-0.05, 0) is 25.0 Å². The fourth-order valence-corrected chi connectivity index (χ4v) is 3.58. The molecule has 13 heteroatoms. The zero-order valence-corrected chi connectivity index (χ0v) is 20.9. The van der Waals surface area contributed by atoms with Crippen LogP contribution in [0.4, 0.5) is 10.5 Å². The minimum Gasteiger partial charge on any atom is -0.466 e. The summed E-state index contributed by atoms with van der Waals surface area (Å²) in [6.07, 6.45) is -2.80. The molecule has 0 spiro atoms. The van der Waals surface area contributed by atoms with Crippen molar-refractivity contribution in [2.45, 2.75) is 51.0 Å². The van der Waals surface area contributed by atoms with Gasteiger partial charge >= 0.3 is 12.1 Å². The quantitative estimate of drug-likeness (QED) is 0.167. The summed E-state index contributed by atoms with van der Waals surface area (Å²) in [7, 11) is 0. The van der Waals surface area contributed by atoms with Crippen LogP contribution in [0.15, 0.2) is 54.6 Å². The van der Waals surface area contributed by atoms with Crippen LogP contribution in [0.1, 0.15) is 37.3 Å². The lowest BCUT2D eigenvalue weighted by atomic mass is 9.87. The molecule has 0 aliphatic carbocycles. The van der Waals surface area contributed by atoms with Crippen molar-refractivity contribution >= 4 is 29.6 Å². The molecule has 0 unspecified atom stereocenters. The first-order valence-corrected chi connectivity index (χ1v) is 11.7. The summed E-state index contributed by atoms with van der Waals surface area (Å²) in [5.74, 6) is -3.78. The molecule has 0 bridgehead atoms. The molecule has 0 radical (unpaired) electrons. The van der Waals surface area contributed by atoms with Crippen molar-refractivity contribution in [1.82, 2.24) is 10.6 Å². The standard InChI is InChI=1S/C25H30N4O9/c1-3-37-20(31)13-19(17-9-11-18(12-10-17)29(35)36)22(23(26)32)27-24(33)21(15(2)30)28-25(34)38-14-16-7-5-4-6-8-16/h4-12,15,19,21-22,30H,3,13-14H2,1-2H3,(H2,26,32)(H,27,33)(H,28,34)/t15-,19-,21+,22+/m1/s1. The Balaban J connectivity index is 2.23. The Morgan fingerprint density at radius 3 is 2.16 bits per heavy atom. The number of hydrogen-bond donors (Lipinski definition) is 4. The molecule has 0 aliphatic heterocycles. The van der Waals surface area contributed by atoms with E-state index in [-0.39, 0.29) is 24.5 Å². The maximum Gasteiger partial charge on any atom is 0.408 e. The number of benzene rings is 2. The van der Waals surface area contributed by atoms with E-state index in [1.165, 1.54) is 31.2 Å². The van der Waals surface area contributed by atoms with E-state index >= 15 is 0 Å². The number of nitrogens with one attached hydrogen (secondary N) is 2. The molecule has 0 heterocycles. The summed E-state index contributed by atoms with van der Waals surface area (Å²) in [6.45, 7) is 2.79. The number of aliphatic hydroxyl groups is 1. The zero-order chi connectivity index (χ0) is 28.2. The van der Waals surface area contributed by atoms with Crippen molar-refractivity contribution in [3.8, 4) is 0 Å². The molecule has 2 rings (SSSR count). The number of primary amides is 1. The van der Waals surface area contributed by atoms with E-state index in [9.17, 15) is 34.4 Å². The number of non-ortho nitro benzene ring substituents is 1. The van der Waals surface area contributed by atoms with Crippen LogP contribution < -0.4 is 16.4 Å².